The smallest absolute Gasteiger partial charge is 0.348 e. The fourth-order valence-corrected chi connectivity index (χ4v) is 3.24. The van der Waals surface area contributed by atoms with E-state index in [0.29, 0.717) is 10.8 Å². The lowest BCUT2D eigenvalue weighted by atomic mass is 10.1. The molecule has 1 heterocycles. The summed E-state index contributed by atoms with van der Waals surface area (Å²) >= 11 is 1.49. The molecule has 2 rings (SSSR count). The number of thiophene rings is 1. The Morgan fingerprint density at radius 3 is 2.75 bits per heavy atom. The maximum absolute atomic E-state index is 11.9. The van der Waals surface area contributed by atoms with Gasteiger partial charge in [-0.25, -0.2) is 4.79 Å². The summed E-state index contributed by atoms with van der Waals surface area (Å²) < 4.78 is 5.07. The Morgan fingerprint density at radius 1 is 1.35 bits per heavy atom. The zero-order valence-corrected chi connectivity index (χ0v) is 13.0. The second-order valence-electron chi connectivity index (χ2n) is 5.59. The molecule has 0 radical (unpaired) electrons. The normalized spacial score (nSPS) is 15.0. The molecule has 1 atom stereocenters. The van der Waals surface area contributed by atoms with Gasteiger partial charge in [0.2, 0.25) is 0 Å². The Kier molecular flexibility index (Phi) is 4.81. The minimum atomic E-state index is -0.392. The van der Waals surface area contributed by atoms with Gasteiger partial charge in [-0.2, -0.15) is 0 Å². The van der Waals surface area contributed by atoms with Crippen LogP contribution in [0.5, 0.6) is 0 Å². The number of rotatable bonds is 5. The molecule has 0 saturated carbocycles. The molecule has 1 amide bonds. The number of ether oxygens (including phenoxy) is 1. The van der Waals surface area contributed by atoms with Crippen LogP contribution in [0.3, 0.4) is 0 Å². The molecule has 1 aromatic heterocycles. The number of amides is 1. The molecule has 1 aliphatic carbocycles. The number of aryl methyl sites for hydroxylation is 2. The highest BCUT2D eigenvalue weighted by molar-refractivity contribution is 7.14. The van der Waals surface area contributed by atoms with Crippen molar-refractivity contribution >= 4 is 23.2 Å². The van der Waals surface area contributed by atoms with Gasteiger partial charge in [0.1, 0.15) is 4.88 Å². The molecule has 0 fully saturated rings. The number of carbonyl (C=O) groups excluding carboxylic acids is 2. The van der Waals surface area contributed by atoms with Crippen LogP contribution in [0.15, 0.2) is 6.07 Å². The zero-order chi connectivity index (χ0) is 14.7. The summed E-state index contributed by atoms with van der Waals surface area (Å²) in [6.07, 6.45) is 3.27. The number of hydrogen-bond donors (Lipinski definition) is 1. The van der Waals surface area contributed by atoms with Gasteiger partial charge in [-0.15, -0.1) is 11.3 Å². The van der Waals surface area contributed by atoms with E-state index >= 15 is 0 Å². The van der Waals surface area contributed by atoms with Gasteiger partial charge in [-0.3, -0.25) is 4.79 Å². The van der Waals surface area contributed by atoms with Gasteiger partial charge in [0.15, 0.2) is 6.61 Å². The van der Waals surface area contributed by atoms with Crippen LogP contribution in [0.4, 0.5) is 0 Å². The van der Waals surface area contributed by atoms with Crippen LogP contribution in [-0.2, 0) is 22.4 Å². The molecule has 0 bridgehead atoms. The lowest BCUT2D eigenvalue weighted by molar-refractivity contribution is -0.125. The molecular formula is C15H21NO3S. The van der Waals surface area contributed by atoms with Gasteiger partial charge in [-0.1, -0.05) is 13.8 Å². The molecule has 0 spiro atoms. The maximum atomic E-state index is 11.9. The van der Waals surface area contributed by atoms with Crippen LogP contribution < -0.4 is 5.32 Å². The summed E-state index contributed by atoms with van der Waals surface area (Å²) in [7, 11) is 0. The summed E-state index contributed by atoms with van der Waals surface area (Å²) in [6, 6.07) is 1.98. The molecule has 0 saturated heterocycles. The molecule has 5 heteroatoms. The molecule has 0 aliphatic heterocycles. The van der Waals surface area contributed by atoms with Crippen LogP contribution in [0, 0.1) is 5.92 Å². The van der Waals surface area contributed by atoms with E-state index in [1.807, 2.05) is 26.8 Å². The summed E-state index contributed by atoms with van der Waals surface area (Å²) in [5.74, 6) is -0.282. The Labute approximate surface area is 123 Å². The Hall–Kier alpha value is -1.36. The Morgan fingerprint density at radius 2 is 2.10 bits per heavy atom. The SMILES string of the molecule is CC(C)[C@H](C)NC(=O)COC(=O)c1cc2c(s1)CCC2. The minimum Gasteiger partial charge on any atom is -0.451 e. The van der Waals surface area contributed by atoms with Crippen LogP contribution in [0.1, 0.15) is 47.3 Å². The second-order valence-corrected chi connectivity index (χ2v) is 6.73. The molecule has 0 unspecified atom stereocenters. The molecule has 0 aromatic carbocycles. The van der Waals surface area contributed by atoms with Gasteiger partial charge in [0, 0.05) is 10.9 Å². The quantitative estimate of drug-likeness (QED) is 0.849. The van der Waals surface area contributed by atoms with E-state index in [1.165, 1.54) is 28.2 Å². The molecule has 1 aliphatic rings. The zero-order valence-electron chi connectivity index (χ0n) is 12.2. The van der Waals surface area contributed by atoms with Crippen LogP contribution in [0.2, 0.25) is 0 Å². The van der Waals surface area contributed by atoms with Crippen molar-refractivity contribution in [2.75, 3.05) is 6.61 Å². The van der Waals surface area contributed by atoms with Gasteiger partial charge >= 0.3 is 5.97 Å². The van der Waals surface area contributed by atoms with E-state index in [2.05, 4.69) is 5.32 Å². The van der Waals surface area contributed by atoms with E-state index < -0.39 is 5.97 Å². The molecular weight excluding hydrogens is 274 g/mol. The first kappa shape index (κ1) is 15.0. The van der Waals surface area contributed by atoms with Crippen molar-refractivity contribution < 1.29 is 14.3 Å². The number of fused-ring (bicyclic) bond motifs is 1. The van der Waals surface area contributed by atoms with Crippen LogP contribution >= 0.6 is 11.3 Å². The third kappa shape index (κ3) is 3.60. The number of esters is 1. The van der Waals surface area contributed by atoms with Crippen molar-refractivity contribution in [3.05, 3.63) is 21.4 Å². The fourth-order valence-electron chi connectivity index (χ4n) is 2.09. The highest BCUT2D eigenvalue weighted by Gasteiger charge is 2.20. The fraction of sp³-hybridized carbons (Fsp3) is 0.600. The molecule has 1 aromatic rings. The van der Waals surface area contributed by atoms with E-state index in [1.54, 1.807) is 0 Å². The Bertz CT molecular complexity index is 486. The van der Waals surface area contributed by atoms with Crippen molar-refractivity contribution in [3.63, 3.8) is 0 Å². The van der Waals surface area contributed by atoms with Crippen molar-refractivity contribution in [2.24, 2.45) is 5.92 Å². The first-order valence-corrected chi connectivity index (χ1v) is 7.87. The average Bonchev–Trinajstić information content (AvgIpc) is 2.96. The number of carbonyl (C=O) groups is 2. The van der Waals surface area contributed by atoms with Gasteiger partial charge in [0.05, 0.1) is 0 Å². The van der Waals surface area contributed by atoms with Crippen molar-refractivity contribution in [1.29, 1.82) is 0 Å². The largest absolute Gasteiger partial charge is 0.451 e. The Balaban J connectivity index is 1.81. The number of nitrogens with one attached hydrogen (secondary N) is 1. The minimum absolute atomic E-state index is 0.0757. The number of hydrogen-bond acceptors (Lipinski definition) is 4. The lowest BCUT2D eigenvalue weighted by Crippen LogP contribution is -2.38. The summed E-state index contributed by atoms with van der Waals surface area (Å²) in [5, 5.41) is 2.81. The predicted octanol–water partition coefficient (Wildman–Crippen LogP) is 2.55. The molecule has 1 N–H and O–H groups in total. The van der Waals surface area contributed by atoms with Gasteiger partial charge < -0.3 is 10.1 Å². The standard InChI is InChI=1S/C15H21NO3S/c1-9(2)10(3)16-14(17)8-19-15(18)13-7-11-5-4-6-12(11)20-13/h7,9-10H,4-6,8H2,1-3H3,(H,16,17)/t10-/m0/s1. The van der Waals surface area contributed by atoms with E-state index in [0.717, 1.165) is 12.8 Å². The van der Waals surface area contributed by atoms with Crippen molar-refractivity contribution in [3.8, 4) is 0 Å². The highest BCUT2D eigenvalue weighted by Crippen LogP contribution is 2.30. The van der Waals surface area contributed by atoms with Crippen molar-refractivity contribution in [1.82, 2.24) is 5.32 Å². The summed E-state index contributed by atoms with van der Waals surface area (Å²) in [4.78, 5) is 25.4. The molecule has 4 nitrogen and oxygen atoms in total. The van der Waals surface area contributed by atoms with Crippen molar-refractivity contribution in [2.45, 2.75) is 46.1 Å². The maximum Gasteiger partial charge on any atom is 0.348 e. The lowest BCUT2D eigenvalue weighted by Gasteiger charge is -2.17. The molecule has 110 valence electrons. The second kappa shape index (κ2) is 6.39. The third-order valence-electron chi connectivity index (χ3n) is 3.67. The predicted molar refractivity (Wildman–Crippen MR) is 79.1 cm³/mol. The van der Waals surface area contributed by atoms with E-state index in [-0.39, 0.29) is 18.6 Å². The van der Waals surface area contributed by atoms with E-state index in [4.69, 9.17) is 4.74 Å². The first-order chi connectivity index (χ1) is 9.47. The monoisotopic (exact) mass is 295 g/mol. The summed E-state index contributed by atoms with van der Waals surface area (Å²) in [5.41, 5.74) is 1.26. The van der Waals surface area contributed by atoms with Gasteiger partial charge in [0.25, 0.3) is 5.91 Å². The topological polar surface area (TPSA) is 55.4 Å². The van der Waals surface area contributed by atoms with E-state index in [9.17, 15) is 9.59 Å². The van der Waals surface area contributed by atoms with Gasteiger partial charge in [-0.05, 0) is 43.7 Å². The summed E-state index contributed by atoms with van der Waals surface area (Å²) in [6.45, 7) is 5.79. The average molecular weight is 295 g/mol. The highest BCUT2D eigenvalue weighted by atomic mass is 32.1. The van der Waals surface area contributed by atoms with Crippen LogP contribution in [0.25, 0.3) is 0 Å². The van der Waals surface area contributed by atoms with Crippen LogP contribution in [-0.4, -0.2) is 24.5 Å². The first-order valence-electron chi connectivity index (χ1n) is 7.05. The molecule has 20 heavy (non-hydrogen) atoms. The third-order valence-corrected chi connectivity index (χ3v) is 4.89.